The minimum Gasteiger partial charge on any atom is -0.347 e. The monoisotopic (exact) mass is 284 g/mol. The number of rotatable bonds is 1. The van der Waals surface area contributed by atoms with E-state index >= 15 is 0 Å². The van der Waals surface area contributed by atoms with Gasteiger partial charge in [-0.2, -0.15) is 18.4 Å². The van der Waals surface area contributed by atoms with Crippen LogP contribution in [-0.4, -0.2) is 24.0 Å². The summed E-state index contributed by atoms with van der Waals surface area (Å²) in [5.74, 6) is -0.794. The highest BCUT2D eigenvalue weighted by Gasteiger charge is 2.60. The zero-order chi connectivity index (χ0) is 14.4. The lowest BCUT2D eigenvalue weighted by Crippen LogP contribution is -2.54. The Morgan fingerprint density at radius 3 is 2.45 bits per heavy atom. The highest BCUT2D eigenvalue weighted by atomic mass is 19.4. The van der Waals surface area contributed by atoms with Crippen LogP contribution in [-0.2, 0) is 21.1 Å². The summed E-state index contributed by atoms with van der Waals surface area (Å²) < 4.78 is 48.9. The maximum absolute atomic E-state index is 12.7. The average molecular weight is 284 g/mol. The van der Waals surface area contributed by atoms with Crippen LogP contribution >= 0.6 is 0 Å². The molecule has 20 heavy (non-hydrogen) atoms. The van der Waals surface area contributed by atoms with E-state index in [0.29, 0.717) is 18.8 Å². The van der Waals surface area contributed by atoms with Gasteiger partial charge < -0.3 is 9.47 Å². The van der Waals surface area contributed by atoms with Gasteiger partial charge in [0.05, 0.1) is 24.7 Å². The van der Waals surface area contributed by atoms with Crippen molar-refractivity contribution in [1.82, 2.24) is 4.98 Å². The first-order valence-corrected chi connectivity index (χ1v) is 6.12. The van der Waals surface area contributed by atoms with E-state index < -0.39 is 23.1 Å². The Balaban J connectivity index is 1.90. The van der Waals surface area contributed by atoms with Crippen LogP contribution in [0.5, 0.6) is 0 Å². The summed E-state index contributed by atoms with van der Waals surface area (Å²) in [5, 5.41) is 9.36. The quantitative estimate of drug-likeness (QED) is 0.794. The third-order valence-electron chi connectivity index (χ3n) is 3.77. The number of hydrogen-bond acceptors (Lipinski definition) is 4. The van der Waals surface area contributed by atoms with E-state index in [1.165, 1.54) is 6.07 Å². The zero-order valence-corrected chi connectivity index (χ0v) is 10.4. The molecule has 0 aromatic carbocycles. The number of alkyl halides is 3. The second-order valence-corrected chi connectivity index (χ2v) is 5.08. The van der Waals surface area contributed by atoms with Gasteiger partial charge in [-0.15, -0.1) is 0 Å². The van der Waals surface area contributed by atoms with Gasteiger partial charge in [-0.1, -0.05) is 0 Å². The predicted molar refractivity (Wildman–Crippen MR) is 60.4 cm³/mol. The van der Waals surface area contributed by atoms with Crippen molar-refractivity contribution >= 4 is 0 Å². The smallest absolute Gasteiger partial charge is 0.347 e. The van der Waals surface area contributed by atoms with Crippen LogP contribution in [0.3, 0.4) is 0 Å². The third kappa shape index (κ3) is 1.96. The van der Waals surface area contributed by atoms with Crippen molar-refractivity contribution in [2.24, 2.45) is 0 Å². The van der Waals surface area contributed by atoms with Gasteiger partial charge >= 0.3 is 6.18 Å². The SMILES string of the molecule is N#CC1(c2ccnc(C(F)(F)F)c2)CC2(C1)OCCO2. The number of pyridine rings is 1. The molecule has 0 bridgehead atoms. The van der Waals surface area contributed by atoms with Crippen molar-refractivity contribution in [2.75, 3.05) is 13.2 Å². The molecule has 0 amide bonds. The van der Waals surface area contributed by atoms with Gasteiger partial charge in [0, 0.05) is 19.0 Å². The predicted octanol–water partition coefficient (Wildman–Crippen LogP) is 2.40. The topological polar surface area (TPSA) is 55.1 Å². The van der Waals surface area contributed by atoms with Crippen molar-refractivity contribution in [3.8, 4) is 6.07 Å². The minimum atomic E-state index is -4.52. The van der Waals surface area contributed by atoms with Crippen molar-refractivity contribution in [3.63, 3.8) is 0 Å². The summed E-state index contributed by atoms with van der Waals surface area (Å²) in [6.45, 7) is 0.900. The maximum atomic E-state index is 12.7. The van der Waals surface area contributed by atoms with Crippen molar-refractivity contribution in [1.29, 1.82) is 5.26 Å². The van der Waals surface area contributed by atoms with Gasteiger partial charge in [-0.25, -0.2) is 0 Å². The molecule has 2 aliphatic rings. The van der Waals surface area contributed by atoms with E-state index in [1.54, 1.807) is 0 Å². The Morgan fingerprint density at radius 2 is 1.90 bits per heavy atom. The Morgan fingerprint density at radius 1 is 1.25 bits per heavy atom. The zero-order valence-electron chi connectivity index (χ0n) is 10.4. The van der Waals surface area contributed by atoms with Gasteiger partial charge in [0.2, 0.25) is 0 Å². The molecule has 106 valence electrons. The third-order valence-corrected chi connectivity index (χ3v) is 3.77. The minimum absolute atomic E-state index is 0.248. The van der Waals surface area contributed by atoms with Gasteiger partial charge in [-0.05, 0) is 17.7 Å². The molecule has 1 spiro atoms. The van der Waals surface area contributed by atoms with E-state index in [4.69, 9.17) is 9.47 Å². The molecule has 1 aromatic rings. The number of halogens is 3. The molecule has 4 nitrogen and oxygen atoms in total. The average Bonchev–Trinajstić information content (AvgIpc) is 2.84. The summed E-state index contributed by atoms with van der Waals surface area (Å²) in [6.07, 6.45) is -2.94. The molecule has 2 heterocycles. The standard InChI is InChI=1S/C13H11F3N2O2/c14-13(15,16)10-5-9(1-2-18-10)11(8-17)6-12(7-11)19-3-4-20-12/h1-2,5H,3-4,6-7H2. The highest BCUT2D eigenvalue weighted by molar-refractivity contribution is 5.38. The molecule has 1 saturated heterocycles. The van der Waals surface area contributed by atoms with Gasteiger partial charge in [0.25, 0.3) is 0 Å². The van der Waals surface area contributed by atoms with E-state index in [1.807, 2.05) is 0 Å². The Bertz CT molecular complexity index is 566. The van der Waals surface area contributed by atoms with Crippen LogP contribution in [0.1, 0.15) is 24.1 Å². The normalized spacial score (nSPS) is 23.3. The summed E-state index contributed by atoms with van der Waals surface area (Å²) in [4.78, 5) is 3.31. The fourth-order valence-corrected chi connectivity index (χ4v) is 2.80. The molecule has 2 fully saturated rings. The molecular weight excluding hydrogens is 273 g/mol. The second-order valence-electron chi connectivity index (χ2n) is 5.08. The fraction of sp³-hybridized carbons (Fsp3) is 0.538. The molecule has 0 N–H and O–H groups in total. The Hall–Kier alpha value is -1.65. The van der Waals surface area contributed by atoms with E-state index in [0.717, 1.165) is 12.3 Å². The summed E-state index contributed by atoms with van der Waals surface area (Å²) in [7, 11) is 0. The van der Waals surface area contributed by atoms with E-state index in [9.17, 15) is 18.4 Å². The van der Waals surface area contributed by atoms with Crippen molar-refractivity contribution in [3.05, 3.63) is 29.6 Å². The van der Waals surface area contributed by atoms with E-state index in [2.05, 4.69) is 11.1 Å². The number of ether oxygens (including phenoxy) is 2. The molecule has 1 saturated carbocycles. The second kappa shape index (κ2) is 4.17. The first-order chi connectivity index (χ1) is 9.39. The molecule has 1 aromatic heterocycles. The van der Waals surface area contributed by atoms with Crippen molar-refractivity contribution < 1.29 is 22.6 Å². The van der Waals surface area contributed by atoms with Gasteiger partial charge in [0.15, 0.2) is 5.79 Å². The number of aromatic nitrogens is 1. The number of nitrogens with zero attached hydrogens (tertiary/aromatic N) is 2. The molecule has 7 heteroatoms. The first-order valence-electron chi connectivity index (χ1n) is 6.12. The lowest BCUT2D eigenvalue weighted by Gasteiger charge is -2.48. The summed E-state index contributed by atoms with van der Waals surface area (Å²) >= 11 is 0. The van der Waals surface area contributed by atoms with Crippen LogP contribution in [0.4, 0.5) is 13.2 Å². The van der Waals surface area contributed by atoms with E-state index in [-0.39, 0.29) is 12.8 Å². The van der Waals surface area contributed by atoms with Crippen LogP contribution < -0.4 is 0 Å². The molecule has 1 aliphatic heterocycles. The first kappa shape index (κ1) is 13.3. The molecule has 0 atom stereocenters. The van der Waals surface area contributed by atoms with Crippen LogP contribution in [0.25, 0.3) is 0 Å². The molecule has 0 radical (unpaired) electrons. The van der Waals surface area contributed by atoms with Crippen LogP contribution in [0, 0.1) is 11.3 Å². The van der Waals surface area contributed by atoms with Crippen LogP contribution in [0.2, 0.25) is 0 Å². The number of hydrogen-bond donors (Lipinski definition) is 0. The molecule has 3 rings (SSSR count). The number of nitriles is 1. The molecule has 1 aliphatic carbocycles. The molecular formula is C13H11F3N2O2. The lowest BCUT2D eigenvalue weighted by molar-refractivity contribution is -0.229. The Kier molecular flexibility index (Phi) is 2.78. The van der Waals surface area contributed by atoms with Gasteiger partial charge in [0.1, 0.15) is 5.69 Å². The van der Waals surface area contributed by atoms with Gasteiger partial charge in [-0.3, -0.25) is 4.98 Å². The molecule has 0 unspecified atom stereocenters. The Labute approximate surface area is 113 Å². The fourth-order valence-electron chi connectivity index (χ4n) is 2.80. The highest BCUT2D eigenvalue weighted by Crippen LogP contribution is 2.54. The van der Waals surface area contributed by atoms with Crippen molar-refractivity contribution in [2.45, 2.75) is 30.2 Å². The van der Waals surface area contributed by atoms with Crippen LogP contribution in [0.15, 0.2) is 18.3 Å². The largest absolute Gasteiger partial charge is 0.433 e. The summed E-state index contributed by atoms with van der Waals surface area (Å²) in [6, 6.07) is 4.49. The maximum Gasteiger partial charge on any atom is 0.433 e. The summed E-state index contributed by atoms with van der Waals surface area (Å²) in [5.41, 5.74) is -1.67. The lowest BCUT2D eigenvalue weighted by atomic mass is 9.61.